The first-order chi connectivity index (χ1) is 23.7. The molecule has 1 heterocycles. The van der Waals surface area contributed by atoms with Crippen molar-refractivity contribution in [2.75, 3.05) is 0 Å². The molecule has 0 radical (unpaired) electrons. The number of nitriles is 1. The van der Waals surface area contributed by atoms with Gasteiger partial charge in [0.1, 0.15) is 0 Å². The average Bonchev–Trinajstić information content (AvgIpc) is 3.51. The highest BCUT2D eigenvalue weighted by Crippen LogP contribution is 2.35. The van der Waals surface area contributed by atoms with Crippen LogP contribution < -0.4 is 20.7 Å². The molecule has 0 atom stereocenters. The van der Waals surface area contributed by atoms with Gasteiger partial charge < -0.3 is 4.57 Å². The Hall–Kier alpha value is -6.46. The van der Waals surface area contributed by atoms with Crippen LogP contribution in [0, 0.1) is 17.9 Å². The van der Waals surface area contributed by atoms with Crippen molar-refractivity contribution < 1.29 is 0 Å². The summed E-state index contributed by atoms with van der Waals surface area (Å²) in [6, 6.07) is 63.3. The Kier molecular flexibility index (Phi) is 7.27. The van der Waals surface area contributed by atoms with Crippen molar-refractivity contribution >= 4 is 56.3 Å². The van der Waals surface area contributed by atoms with Crippen molar-refractivity contribution in [3.8, 4) is 22.9 Å². The van der Waals surface area contributed by atoms with Gasteiger partial charge in [0.25, 0.3) is 0 Å². The molecule has 0 aliphatic heterocycles. The van der Waals surface area contributed by atoms with Crippen molar-refractivity contribution in [1.29, 1.82) is 5.26 Å². The number of rotatable bonds is 6. The minimum absolute atomic E-state index is 0.535. The van der Waals surface area contributed by atoms with E-state index in [1.807, 2.05) is 30.3 Å². The van der Waals surface area contributed by atoms with Crippen LogP contribution in [0.3, 0.4) is 0 Å². The van der Waals surface area contributed by atoms with Crippen LogP contribution in [0.25, 0.3) is 43.5 Å². The van der Waals surface area contributed by atoms with Gasteiger partial charge in [-0.1, -0.05) is 146 Å². The maximum absolute atomic E-state index is 10.8. The molecule has 0 aliphatic carbocycles. The van der Waals surface area contributed by atoms with Gasteiger partial charge in [-0.3, -0.25) is 0 Å². The number of benzene rings is 7. The van der Waals surface area contributed by atoms with E-state index >= 15 is 0 Å². The predicted molar refractivity (Wildman–Crippen MR) is 201 cm³/mol. The third-order valence-corrected chi connectivity index (χ3v) is 14.2. The summed E-state index contributed by atoms with van der Waals surface area (Å²) in [5.74, 6) is 0. The zero-order valence-corrected chi connectivity index (χ0v) is 27.1. The van der Waals surface area contributed by atoms with Gasteiger partial charge >= 0.3 is 0 Å². The molecule has 48 heavy (non-hydrogen) atoms. The van der Waals surface area contributed by atoms with E-state index < -0.39 is 8.07 Å². The number of nitrogens with zero attached hydrogens (tertiary/aromatic N) is 3. The number of para-hydroxylation sites is 2. The van der Waals surface area contributed by atoms with Gasteiger partial charge in [-0.25, -0.2) is 4.85 Å². The number of fused-ring (bicyclic) bond motifs is 3. The lowest BCUT2D eigenvalue weighted by Crippen LogP contribution is -2.75. The third kappa shape index (κ3) is 4.55. The SMILES string of the molecule is [C-]#[N+]c1cc([Si](c2ccccc2)(c2ccccc2)c2ccccc2)c(C#N)cc1-c1ccc(-n2c3ccccc3c3ccccc32)cc1. The third-order valence-electron chi connectivity index (χ3n) is 9.42. The van der Waals surface area contributed by atoms with Gasteiger partial charge in [0.05, 0.1) is 29.2 Å². The molecule has 3 nitrogen and oxygen atoms in total. The van der Waals surface area contributed by atoms with E-state index in [-0.39, 0.29) is 0 Å². The van der Waals surface area contributed by atoms with Gasteiger partial charge in [0.2, 0.25) is 0 Å². The van der Waals surface area contributed by atoms with Crippen LogP contribution in [0.4, 0.5) is 5.69 Å². The molecule has 0 spiro atoms. The molecule has 0 aliphatic rings. The van der Waals surface area contributed by atoms with Gasteiger partial charge in [0, 0.05) is 16.5 Å². The van der Waals surface area contributed by atoms with E-state index in [0.717, 1.165) is 48.6 Å². The molecule has 1 aromatic heterocycles. The summed E-state index contributed by atoms with van der Waals surface area (Å²) in [5.41, 5.74) is 6.12. The first-order valence-corrected chi connectivity index (χ1v) is 18.0. The van der Waals surface area contributed by atoms with Crippen LogP contribution in [0.1, 0.15) is 5.56 Å². The molecule has 0 fully saturated rings. The van der Waals surface area contributed by atoms with E-state index in [2.05, 4.69) is 161 Å². The van der Waals surface area contributed by atoms with Gasteiger partial charge in [0.15, 0.2) is 13.8 Å². The normalized spacial score (nSPS) is 11.3. The Balaban J connectivity index is 1.33. The Morgan fingerprint density at radius 1 is 0.542 bits per heavy atom. The lowest BCUT2D eigenvalue weighted by molar-refractivity contribution is 1.18. The van der Waals surface area contributed by atoms with Gasteiger partial charge in [-0.15, -0.1) is 0 Å². The highest BCUT2D eigenvalue weighted by atomic mass is 28.3. The summed E-state index contributed by atoms with van der Waals surface area (Å²) < 4.78 is 2.29. The highest BCUT2D eigenvalue weighted by Gasteiger charge is 2.43. The highest BCUT2D eigenvalue weighted by molar-refractivity contribution is 7.20. The van der Waals surface area contributed by atoms with Crippen LogP contribution in [0.15, 0.2) is 176 Å². The van der Waals surface area contributed by atoms with E-state index in [4.69, 9.17) is 6.57 Å². The maximum atomic E-state index is 10.8. The summed E-state index contributed by atoms with van der Waals surface area (Å²) in [7, 11) is -3.00. The molecule has 8 aromatic rings. The number of aromatic nitrogens is 1. The molecule has 8 rings (SSSR count). The molecule has 4 heteroatoms. The largest absolute Gasteiger partial charge is 0.309 e. The van der Waals surface area contributed by atoms with E-state index in [0.29, 0.717) is 11.3 Å². The lowest BCUT2D eigenvalue weighted by atomic mass is 10.0. The lowest BCUT2D eigenvalue weighted by Gasteiger charge is -2.35. The monoisotopic (exact) mass is 627 g/mol. The Bertz CT molecular complexity index is 2350. The van der Waals surface area contributed by atoms with Crippen LogP contribution >= 0.6 is 0 Å². The van der Waals surface area contributed by atoms with Crippen molar-refractivity contribution in [1.82, 2.24) is 4.57 Å². The Labute approximate surface area is 281 Å². The maximum Gasteiger partial charge on any atom is 0.194 e. The number of hydrogen-bond acceptors (Lipinski definition) is 1. The second kappa shape index (κ2) is 12.0. The first kappa shape index (κ1) is 29.0. The van der Waals surface area contributed by atoms with Crippen molar-refractivity contribution in [2.24, 2.45) is 0 Å². The smallest absolute Gasteiger partial charge is 0.194 e. The van der Waals surface area contributed by atoms with Gasteiger partial charge in [-0.2, -0.15) is 5.26 Å². The Morgan fingerprint density at radius 2 is 1.00 bits per heavy atom. The zero-order chi connectivity index (χ0) is 32.5. The van der Waals surface area contributed by atoms with Crippen molar-refractivity contribution in [2.45, 2.75) is 0 Å². The molecule has 0 N–H and O–H groups in total. The average molecular weight is 628 g/mol. The molecule has 0 unspecified atom stereocenters. The number of hydrogen-bond donors (Lipinski definition) is 0. The molecule has 224 valence electrons. The van der Waals surface area contributed by atoms with Crippen LogP contribution in [-0.4, -0.2) is 12.6 Å². The summed E-state index contributed by atoms with van der Waals surface area (Å²) in [4.78, 5) is 4.09. The molecule has 7 aromatic carbocycles. The zero-order valence-electron chi connectivity index (χ0n) is 26.1. The molecule has 0 saturated carbocycles. The topological polar surface area (TPSA) is 33.1 Å². The predicted octanol–water partition coefficient (Wildman–Crippen LogP) is 8.25. The van der Waals surface area contributed by atoms with E-state index in [1.54, 1.807) is 0 Å². The molecule has 0 bridgehead atoms. The van der Waals surface area contributed by atoms with Crippen LogP contribution in [0.2, 0.25) is 0 Å². The fourth-order valence-electron chi connectivity index (χ4n) is 7.34. The second-order valence-electron chi connectivity index (χ2n) is 11.9. The van der Waals surface area contributed by atoms with Crippen molar-refractivity contribution in [3.63, 3.8) is 0 Å². The minimum atomic E-state index is -3.00. The summed E-state index contributed by atoms with van der Waals surface area (Å²) in [6.07, 6.45) is 0. The molecular formula is C44H29N3Si. The summed E-state index contributed by atoms with van der Waals surface area (Å²) in [6.45, 7) is 8.37. The van der Waals surface area contributed by atoms with Crippen molar-refractivity contribution in [3.05, 3.63) is 193 Å². The van der Waals surface area contributed by atoms with Gasteiger partial charge in [-0.05, 0) is 62.2 Å². The first-order valence-electron chi connectivity index (χ1n) is 16.0. The van der Waals surface area contributed by atoms with E-state index in [1.165, 1.54) is 10.8 Å². The summed E-state index contributed by atoms with van der Waals surface area (Å²) >= 11 is 0. The summed E-state index contributed by atoms with van der Waals surface area (Å²) in [5, 5.41) is 17.7. The van der Waals surface area contributed by atoms with Crippen LogP contribution in [-0.2, 0) is 0 Å². The second-order valence-corrected chi connectivity index (χ2v) is 15.7. The quantitative estimate of drug-likeness (QED) is 0.104. The fourth-order valence-corrected chi connectivity index (χ4v) is 12.2. The Morgan fingerprint density at radius 3 is 1.46 bits per heavy atom. The standard InChI is InChI=1S/C44H29N3Si/c1-46-41-30-44(48(35-15-5-2-6-16-35,36-17-7-3-8-18-36)37-19-9-4-10-20-37)33(31-45)29-40(41)32-25-27-34(28-26-32)47-42-23-13-11-21-38(42)39-22-12-14-24-43(39)47/h2-30H. The van der Waals surface area contributed by atoms with Crippen LogP contribution in [0.5, 0.6) is 0 Å². The molecule has 0 saturated heterocycles. The molecule has 0 amide bonds. The fraction of sp³-hybridized carbons (Fsp3) is 0. The van der Waals surface area contributed by atoms with E-state index in [9.17, 15) is 5.26 Å². The molecular weight excluding hydrogens is 599 g/mol. The minimum Gasteiger partial charge on any atom is -0.309 e.